The summed E-state index contributed by atoms with van der Waals surface area (Å²) in [6, 6.07) is 16.0. The third-order valence-electron chi connectivity index (χ3n) is 4.13. The first-order valence-corrected chi connectivity index (χ1v) is 8.01. The molecular weight excluding hydrogens is 286 g/mol. The summed E-state index contributed by atoms with van der Waals surface area (Å²) in [5.41, 5.74) is 4.22. The predicted molar refractivity (Wildman–Crippen MR) is 93.8 cm³/mol. The summed E-state index contributed by atoms with van der Waals surface area (Å²) in [5, 5.41) is 6.49. The first kappa shape index (κ1) is 15.6. The lowest BCUT2D eigenvalue weighted by atomic mass is 10.0. The van der Waals surface area contributed by atoms with Gasteiger partial charge in [-0.3, -0.25) is 4.79 Å². The van der Waals surface area contributed by atoms with Crippen molar-refractivity contribution in [1.29, 1.82) is 0 Å². The number of fused-ring (bicyclic) bond motifs is 1. The van der Waals surface area contributed by atoms with E-state index >= 15 is 0 Å². The van der Waals surface area contributed by atoms with Gasteiger partial charge in [-0.1, -0.05) is 30.3 Å². The zero-order chi connectivity index (χ0) is 16.2. The number of hydrogen-bond acceptors (Lipinski definition) is 3. The molecule has 2 aromatic rings. The Hall–Kier alpha value is -2.33. The minimum atomic E-state index is -0.0231. The molecule has 120 valence electrons. The van der Waals surface area contributed by atoms with Gasteiger partial charge in [-0.2, -0.15) is 0 Å². The zero-order valence-corrected chi connectivity index (χ0v) is 13.7. The lowest BCUT2D eigenvalue weighted by Crippen LogP contribution is -2.35. The van der Waals surface area contributed by atoms with Crippen LogP contribution in [0.2, 0.25) is 0 Å². The van der Waals surface area contributed by atoms with Gasteiger partial charge in [0, 0.05) is 24.3 Å². The third-order valence-corrected chi connectivity index (χ3v) is 4.13. The number of hydrogen-bond donors (Lipinski definition) is 2. The molecule has 23 heavy (non-hydrogen) atoms. The van der Waals surface area contributed by atoms with E-state index in [9.17, 15) is 4.79 Å². The second-order valence-corrected chi connectivity index (χ2v) is 6.25. The topological polar surface area (TPSA) is 44.4 Å². The average molecular weight is 309 g/mol. The molecule has 0 saturated heterocycles. The number of rotatable bonds is 5. The average Bonchev–Trinajstić information content (AvgIpc) is 3.02. The van der Waals surface area contributed by atoms with Crippen LogP contribution < -0.4 is 10.6 Å². The van der Waals surface area contributed by atoms with E-state index < -0.39 is 0 Å². The standard InChI is InChI=1S/C19H23N3O/c1-22(2)13-18(14-6-4-3-5-7-14)21-19(23)16-8-9-17-15(12-16)10-11-20-17/h3-9,12,18,20H,10-11,13H2,1-2H3,(H,21,23). The number of nitrogens with one attached hydrogen (secondary N) is 2. The number of benzene rings is 2. The smallest absolute Gasteiger partial charge is 0.251 e. The molecule has 1 heterocycles. The van der Waals surface area contributed by atoms with Gasteiger partial charge in [0.1, 0.15) is 0 Å². The summed E-state index contributed by atoms with van der Waals surface area (Å²) < 4.78 is 0. The molecule has 0 radical (unpaired) electrons. The highest BCUT2D eigenvalue weighted by atomic mass is 16.1. The van der Waals surface area contributed by atoms with Crippen LogP contribution >= 0.6 is 0 Å². The van der Waals surface area contributed by atoms with Crippen LogP contribution in [0, 0.1) is 0 Å². The maximum atomic E-state index is 12.7. The Morgan fingerprint density at radius 3 is 2.74 bits per heavy atom. The van der Waals surface area contributed by atoms with Crippen molar-refractivity contribution in [3.8, 4) is 0 Å². The van der Waals surface area contributed by atoms with E-state index in [4.69, 9.17) is 0 Å². The Morgan fingerprint density at radius 2 is 2.00 bits per heavy atom. The van der Waals surface area contributed by atoms with Gasteiger partial charge in [0.15, 0.2) is 0 Å². The van der Waals surface area contributed by atoms with Gasteiger partial charge in [-0.05, 0) is 49.8 Å². The predicted octanol–water partition coefficient (Wildman–Crippen LogP) is 2.69. The van der Waals surface area contributed by atoms with Crippen LogP contribution in [-0.2, 0) is 6.42 Å². The molecule has 4 heteroatoms. The first-order chi connectivity index (χ1) is 11.1. The number of amides is 1. The molecule has 3 rings (SSSR count). The lowest BCUT2D eigenvalue weighted by molar-refractivity contribution is 0.0930. The number of nitrogens with zero attached hydrogens (tertiary/aromatic N) is 1. The van der Waals surface area contributed by atoms with Crippen LogP contribution in [0.3, 0.4) is 0 Å². The number of likely N-dealkylation sites (N-methyl/N-ethyl adjacent to an activating group) is 1. The summed E-state index contributed by atoms with van der Waals surface area (Å²) in [4.78, 5) is 14.7. The summed E-state index contributed by atoms with van der Waals surface area (Å²) >= 11 is 0. The fourth-order valence-corrected chi connectivity index (χ4v) is 2.97. The van der Waals surface area contributed by atoms with E-state index in [1.807, 2.05) is 50.5 Å². The monoisotopic (exact) mass is 309 g/mol. The molecule has 0 spiro atoms. The van der Waals surface area contributed by atoms with E-state index in [-0.39, 0.29) is 11.9 Å². The second kappa shape index (κ2) is 6.84. The molecular formula is C19H23N3O. The Kier molecular flexibility index (Phi) is 4.63. The quantitative estimate of drug-likeness (QED) is 0.892. The van der Waals surface area contributed by atoms with Crippen molar-refractivity contribution in [3.05, 3.63) is 65.2 Å². The van der Waals surface area contributed by atoms with Crippen LogP contribution in [0.5, 0.6) is 0 Å². The van der Waals surface area contributed by atoms with Gasteiger partial charge >= 0.3 is 0 Å². The van der Waals surface area contributed by atoms with Crippen molar-refractivity contribution in [2.45, 2.75) is 12.5 Å². The van der Waals surface area contributed by atoms with Crippen LogP contribution in [0.4, 0.5) is 5.69 Å². The van der Waals surface area contributed by atoms with Crippen molar-refractivity contribution >= 4 is 11.6 Å². The highest BCUT2D eigenvalue weighted by molar-refractivity contribution is 5.95. The molecule has 0 aromatic heterocycles. The maximum absolute atomic E-state index is 12.7. The van der Waals surface area contributed by atoms with Crippen molar-refractivity contribution in [2.24, 2.45) is 0 Å². The molecule has 1 unspecified atom stereocenters. The van der Waals surface area contributed by atoms with Gasteiger partial charge in [0.05, 0.1) is 6.04 Å². The minimum Gasteiger partial charge on any atom is -0.384 e. The van der Waals surface area contributed by atoms with Crippen LogP contribution in [0.15, 0.2) is 48.5 Å². The molecule has 1 atom stereocenters. The number of carbonyl (C=O) groups is 1. The van der Waals surface area contributed by atoms with Gasteiger partial charge in [-0.15, -0.1) is 0 Å². The summed E-state index contributed by atoms with van der Waals surface area (Å²) in [7, 11) is 4.03. The molecule has 0 saturated carbocycles. The Balaban J connectivity index is 1.78. The molecule has 1 amide bonds. The lowest BCUT2D eigenvalue weighted by Gasteiger charge is -2.23. The van der Waals surface area contributed by atoms with Gasteiger partial charge in [0.25, 0.3) is 5.91 Å². The van der Waals surface area contributed by atoms with E-state index in [1.54, 1.807) is 0 Å². The normalized spacial score (nSPS) is 14.2. The maximum Gasteiger partial charge on any atom is 0.251 e. The molecule has 1 aliphatic rings. The van der Waals surface area contributed by atoms with Crippen molar-refractivity contribution in [2.75, 3.05) is 32.5 Å². The van der Waals surface area contributed by atoms with Crippen LogP contribution in [-0.4, -0.2) is 38.0 Å². The van der Waals surface area contributed by atoms with E-state index in [0.717, 1.165) is 36.3 Å². The fourth-order valence-electron chi connectivity index (χ4n) is 2.97. The van der Waals surface area contributed by atoms with Crippen LogP contribution in [0.1, 0.15) is 27.5 Å². The third kappa shape index (κ3) is 3.71. The molecule has 2 N–H and O–H groups in total. The minimum absolute atomic E-state index is 0.0181. The molecule has 2 aromatic carbocycles. The van der Waals surface area contributed by atoms with E-state index in [0.29, 0.717) is 0 Å². The Bertz CT molecular complexity index is 682. The molecule has 4 nitrogen and oxygen atoms in total. The SMILES string of the molecule is CN(C)CC(NC(=O)c1ccc2c(c1)CCN2)c1ccccc1. The van der Waals surface area contributed by atoms with Crippen LogP contribution in [0.25, 0.3) is 0 Å². The second-order valence-electron chi connectivity index (χ2n) is 6.25. The summed E-state index contributed by atoms with van der Waals surface area (Å²) in [6.45, 7) is 1.72. The van der Waals surface area contributed by atoms with Crippen molar-refractivity contribution in [3.63, 3.8) is 0 Å². The first-order valence-electron chi connectivity index (χ1n) is 8.01. The highest BCUT2D eigenvalue weighted by Crippen LogP contribution is 2.23. The molecule has 0 aliphatic carbocycles. The van der Waals surface area contributed by atoms with Crippen molar-refractivity contribution < 1.29 is 4.79 Å². The van der Waals surface area contributed by atoms with E-state index in [2.05, 4.69) is 27.7 Å². The Labute approximate surface area is 137 Å². The largest absolute Gasteiger partial charge is 0.384 e. The fraction of sp³-hybridized carbons (Fsp3) is 0.316. The zero-order valence-electron chi connectivity index (χ0n) is 13.7. The molecule has 1 aliphatic heterocycles. The van der Waals surface area contributed by atoms with Gasteiger partial charge < -0.3 is 15.5 Å². The van der Waals surface area contributed by atoms with E-state index in [1.165, 1.54) is 5.56 Å². The number of carbonyl (C=O) groups excluding carboxylic acids is 1. The van der Waals surface area contributed by atoms with Gasteiger partial charge in [0.2, 0.25) is 0 Å². The molecule has 0 fully saturated rings. The Morgan fingerprint density at radius 1 is 1.22 bits per heavy atom. The van der Waals surface area contributed by atoms with Gasteiger partial charge in [-0.25, -0.2) is 0 Å². The summed E-state index contributed by atoms with van der Waals surface area (Å²) in [5.74, 6) is -0.0181. The van der Waals surface area contributed by atoms with Crippen molar-refractivity contribution in [1.82, 2.24) is 10.2 Å². The summed E-state index contributed by atoms with van der Waals surface area (Å²) in [6.07, 6.45) is 0.982. The highest BCUT2D eigenvalue weighted by Gasteiger charge is 2.18. The molecule has 0 bridgehead atoms. The number of anilines is 1.